The maximum atomic E-state index is 13.0. The molecule has 3 aromatic rings. The molecular formula is C21H23N5O4. The number of anilines is 1. The normalized spacial score (nSPS) is 11.8. The Morgan fingerprint density at radius 2 is 1.97 bits per heavy atom. The summed E-state index contributed by atoms with van der Waals surface area (Å²) in [7, 11) is 3.18. The predicted octanol–water partition coefficient (Wildman–Crippen LogP) is 1.81. The van der Waals surface area contributed by atoms with Gasteiger partial charge < -0.3 is 20.5 Å². The highest BCUT2D eigenvalue weighted by atomic mass is 16.5. The van der Waals surface area contributed by atoms with Crippen LogP contribution in [0.1, 0.15) is 15.9 Å². The topological polar surface area (TPSA) is 124 Å². The van der Waals surface area contributed by atoms with Gasteiger partial charge in [0.15, 0.2) is 6.04 Å². The largest absolute Gasteiger partial charge is 0.480 e. The molecule has 9 nitrogen and oxygen atoms in total. The monoisotopic (exact) mass is 409 g/mol. The van der Waals surface area contributed by atoms with E-state index in [-0.39, 0.29) is 24.6 Å². The molecule has 2 heterocycles. The summed E-state index contributed by atoms with van der Waals surface area (Å²) < 4.78 is 7.17. The summed E-state index contributed by atoms with van der Waals surface area (Å²) in [5.41, 5.74) is 8.36. The number of carbonyl (C=O) groups is 2. The number of hydrogen-bond donors (Lipinski definition) is 2. The van der Waals surface area contributed by atoms with Crippen LogP contribution >= 0.6 is 0 Å². The van der Waals surface area contributed by atoms with Crippen molar-refractivity contribution < 1.29 is 19.4 Å². The van der Waals surface area contributed by atoms with Gasteiger partial charge in [-0.1, -0.05) is 30.3 Å². The molecular weight excluding hydrogens is 386 g/mol. The number of benzene rings is 1. The Morgan fingerprint density at radius 3 is 2.60 bits per heavy atom. The highest BCUT2D eigenvalue weighted by molar-refractivity contribution is 6.01. The number of aromatic nitrogens is 3. The third kappa shape index (κ3) is 4.81. The smallest absolute Gasteiger partial charge is 0.328 e. The third-order valence-corrected chi connectivity index (χ3v) is 4.65. The summed E-state index contributed by atoms with van der Waals surface area (Å²) in [6.45, 7) is 0.0783. The van der Waals surface area contributed by atoms with E-state index in [9.17, 15) is 14.7 Å². The molecule has 3 rings (SSSR count). The van der Waals surface area contributed by atoms with Gasteiger partial charge in [-0.05, 0) is 11.6 Å². The van der Waals surface area contributed by atoms with Gasteiger partial charge in [0.1, 0.15) is 5.82 Å². The molecule has 3 N–H and O–H groups in total. The number of pyridine rings is 1. The molecule has 0 aliphatic carbocycles. The quantitative estimate of drug-likeness (QED) is 0.581. The number of nitrogens with two attached hydrogens (primary N) is 1. The Kier molecular flexibility index (Phi) is 6.43. The number of aliphatic carboxylic acids is 1. The predicted molar refractivity (Wildman–Crippen MR) is 110 cm³/mol. The van der Waals surface area contributed by atoms with Crippen molar-refractivity contribution in [2.24, 2.45) is 7.05 Å². The van der Waals surface area contributed by atoms with Crippen molar-refractivity contribution in [3.63, 3.8) is 0 Å². The summed E-state index contributed by atoms with van der Waals surface area (Å²) in [5.74, 6) is -1.70. The standard InChI is InChI=1S/C21H23N5O4/c1-25-11-16(10-24-25)15-8-17(19(22)23-9-15)20(27)26(2)18(21(28)29)13-30-12-14-6-4-3-5-7-14/h3-11,18H,12-13H2,1-2H3,(H2,22,23)(H,28,29). The van der Waals surface area contributed by atoms with Crippen molar-refractivity contribution in [2.45, 2.75) is 12.6 Å². The molecule has 9 heteroatoms. The van der Waals surface area contributed by atoms with Crippen LogP contribution in [0, 0.1) is 0 Å². The van der Waals surface area contributed by atoms with Crippen LogP contribution in [0.25, 0.3) is 11.1 Å². The van der Waals surface area contributed by atoms with E-state index in [1.54, 1.807) is 36.4 Å². The molecule has 0 radical (unpaired) electrons. The maximum Gasteiger partial charge on any atom is 0.328 e. The summed E-state index contributed by atoms with van der Waals surface area (Å²) in [4.78, 5) is 30.0. The first-order chi connectivity index (χ1) is 14.4. The zero-order chi connectivity index (χ0) is 21.7. The van der Waals surface area contributed by atoms with Gasteiger partial charge in [-0.2, -0.15) is 5.10 Å². The Balaban J connectivity index is 1.75. The van der Waals surface area contributed by atoms with Gasteiger partial charge in [0.25, 0.3) is 5.91 Å². The number of ether oxygens (including phenoxy) is 1. The fraction of sp³-hybridized carbons (Fsp3) is 0.238. The van der Waals surface area contributed by atoms with E-state index < -0.39 is 17.9 Å². The molecule has 0 saturated heterocycles. The highest BCUT2D eigenvalue weighted by Crippen LogP contribution is 2.23. The van der Waals surface area contributed by atoms with Crippen LogP contribution in [-0.2, 0) is 23.2 Å². The number of carbonyl (C=O) groups excluding carboxylic acids is 1. The minimum Gasteiger partial charge on any atom is -0.480 e. The number of carboxylic acid groups (broad SMARTS) is 1. The minimum atomic E-state index is -1.18. The molecule has 1 atom stereocenters. The Labute approximate surface area is 173 Å². The number of nitrogens with zero attached hydrogens (tertiary/aromatic N) is 4. The highest BCUT2D eigenvalue weighted by Gasteiger charge is 2.29. The van der Waals surface area contributed by atoms with E-state index in [1.165, 1.54) is 7.05 Å². The van der Waals surface area contributed by atoms with E-state index in [0.29, 0.717) is 5.56 Å². The molecule has 1 unspecified atom stereocenters. The zero-order valence-electron chi connectivity index (χ0n) is 16.7. The summed E-state index contributed by atoms with van der Waals surface area (Å²) in [6.07, 6.45) is 4.96. The Morgan fingerprint density at radius 1 is 1.23 bits per heavy atom. The first kappa shape index (κ1) is 21.0. The van der Waals surface area contributed by atoms with Crippen molar-refractivity contribution in [3.05, 3.63) is 66.1 Å². The molecule has 0 aliphatic heterocycles. The van der Waals surface area contributed by atoms with E-state index in [2.05, 4.69) is 10.1 Å². The van der Waals surface area contributed by atoms with Gasteiger partial charge in [-0.3, -0.25) is 9.48 Å². The van der Waals surface area contributed by atoms with Gasteiger partial charge in [0.05, 0.1) is 25.0 Å². The lowest BCUT2D eigenvalue weighted by Gasteiger charge is -2.25. The van der Waals surface area contributed by atoms with Gasteiger partial charge >= 0.3 is 5.97 Å². The Bertz CT molecular complexity index is 1030. The molecule has 1 amide bonds. The van der Waals surface area contributed by atoms with Crippen LogP contribution in [0.2, 0.25) is 0 Å². The van der Waals surface area contributed by atoms with Crippen LogP contribution in [0.15, 0.2) is 55.0 Å². The second-order valence-corrected chi connectivity index (χ2v) is 6.83. The number of carboxylic acids is 1. The average molecular weight is 409 g/mol. The number of hydrogen-bond acceptors (Lipinski definition) is 6. The molecule has 0 saturated carbocycles. The van der Waals surface area contributed by atoms with Crippen LogP contribution in [-0.4, -0.2) is 56.3 Å². The molecule has 156 valence electrons. The number of likely N-dealkylation sites (N-methyl/N-ethyl adjacent to an activating group) is 1. The van der Waals surface area contributed by atoms with Gasteiger partial charge in [0, 0.05) is 37.6 Å². The number of amides is 1. The van der Waals surface area contributed by atoms with Crippen molar-refractivity contribution in [1.82, 2.24) is 19.7 Å². The lowest BCUT2D eigenvalue weighted by molar-refractivity contribution is -0.144. The number of aryl methyl sites for hydroxylation is 1. The van der Waals surface area contributed by atoms with Crippen LogP contribution in [0.4, 0.5) is 5.82 Å². The van der Waals surface area contributed by atoms with E-state index in [1.807, 2.05) is 30.3 Å². The van der Waals surface area contributed by atoms with E-state index >= 15 is 0 Å². The molecule has 0 spiro atoms. The second kappa shape index (κ2) is 9.19. The second-order valence-electron chi connectivity index (χ2n) is 6.83. The van der Waals surface area contributed by atoms with Crippen molar-refractivity contribution in [1.29, 1.82) is 0 Å². The fourth-order valence-corrected chi connectivity index (χ4v) is 2.92. The zero-order valence-corrected chi connectivity index (χ0v) is 16.7. The molecule has 1 aromatic carbocycles. The Hall–Kier alpha value is -3.72. The summed E-state index contributed by atoms with van der Waals surface area (Å²) in [5, 5.41) is 13.7. The van der Waals surface area contributed by atoms with E-state index in [0.717, 1.165) is 16.0 Å². The molecule has 30 heavy (non-hydrogen) atoms. The molecule has 0 bridgehead atoms. The minimum absolute atomic E-state index is 0.0221. The van der Waals surface area contributed by atoms with Crippen LogP contribution < -0.4 is 5.73 Å². The molecule has 2 aromatic heterocycles. The first-order valence-corrected chi connectivity index (χ1v) is 9.23. The van der Waals surface area contributed by atoms with Crippen LogP contribution in [0.3, 0.4) is 0 Å². The SMILES string of the molecule is CN(C(=O)c1cc(-c2cnn(C)c2)cnc1N)C(COCc1ccccc1)C(=O)O. The number of rotatable bonds is 8. The summed E-state index contributed by atoms with van der Waals surface area (Å²) in [6, 6.07) is 9.78. The summed E-state index contributed by atoms with van der Waals surface area (Å²) >= 11 is 0. The van der Waals surface area contributed by atoms with Crippen molar-refractivity contribution in [2.75, 3.05) is 19.4 Å². The average Bonchev–Trinajstić information content (AvgIpc) is 3.17. The van der Waals surface area contributed by atoms with Gasteiger partial charge in [-0.25, -0.2) is 9.78 Å². The van der Waals surface area contributed by atoms with Crippen LogP contribution in [0.5, 0.6) is 0 Å². The van der Waals surface area contributed by atoms with Crippen molar-refractivity contribution in [3.8, 4) is 11.1 Å². The number of nitrogen functional groups attached to an aromatic ring is 1. The first-order valence-electron chi connectivity index (χ1n) is 9.23. The van der Waals surface area contributed by atoms with Crippen molar-refractivity contribution >= 4 is 17.7 Å². The lowest BCUT2D eigenvalue weighted by atomic mass is 10.1. The molecule has 0 fully saturated rings. The molecule has 0 aliphatic rings. The fourth-order valence-electron chi connectivity index (χ4n) is 2.92. The third-order valence-electron chi connectivity index (χ3n) is 4.65. The van der Waals surface area contributed by atoms with Gasteiger partial charge in [0.2, 0.25) is 0 Å². The maximum absolute atomic E-state index is 13.0. The van der Waals surface area contributed by atoms with E-state index in [4.69, 9.17) is 10.5 Å². The van der Waals surface area contributed by atoms with Gasteiger partial charge in [-0.15, -0.1) is 0 Å². The lowest BCUT2D eigenvalue weighted by Crippen LogP contribution is -2.45.